The van der Waals surface area contributed by atoms with Crippen molar-refractivity contribution in [1.82, 2.24) is 5.32 Å². The largest absolute Gasteiger partial charge is 0.478 e. The molecule has 2 aromatic carbocycles. The highest BCUT2D eigenvalue weighted by atomic mass is 16.4. The summed E-state index contributed by atoms with van der Waals surface area (Å²) in [5, 5.41) is 12.2. The van der Waals surface area contributed by atoms with Crippen molar-refractivity contribution < 1.29 is 14.7 Å². The van der Waals surface area contributed by atoms with Gasteiger partial charge in [-0.25, -0.2) is 4.79 Å². The first-order valence-corrected chi connectivity index (χ1v) is 8.66. The van der Waals surface area contributed by atoms with E-state index in [-0.39, 0.29) is 16.9 Å². The standard InChI is InChI=1S/C21H23NO3/c1-15-6-2-5-9-18(15)21(12-13-21)14-22-19(23)11-10-16-7-3-4-8-17(16)20(24)25/h2-9H,10-14H2,1H3,(H,22,23)(H,24,25). The van der Waals surface area contributed by atoms with Crippen LogP contribution in [0.4, 0.5) is 0 Å². The fourth-order valence-corrected chi connectivity index (χ4v) is 3.41. The molecule has 2 aromatic rings. The molecule has 1 saturated carbocycles. The van der Waals surface area contributed by atoms with Gasteiger partial charge in [0.05, 0.1) is 5.56 Å². The summed E-state index contributed by atoms with van der Waals surface area (Å²) < 4.78 is 0. The molecule has 1 amide bonds. The van der Waals surface area contributed by atoms with Gasteiger partial charge in [-0.1, -0.05) is 42.5 Å². The minimum absolute atomic E-state index is 0.0277. The van der Waals surface area contributed by atoms with Crippen LogP contribution in [0, 0.1) is 6.92 Å². The highest BCUT2D eigenvalue weighted by molar-refractivity contribution is 5.89. The van der Waals surface area contributed by atoms with E-state index in [2.05, 4.69) is 24.4 Å². The van der Waals surface area contributed by atoms with Gasteiger partial charge >= 0.3 is 5.97 Å². The number of aromatic carboxylic acids is 1. The van der Waals surface area contributed by atoms with Crippen LogP contribution >= 0.6 is 0 Å². The minimum Gasteiger partial charge on any atom is -0.478 e. The van der Waals surface area contributed by atoms with Crippen molar-refractivity contribution in [2.45, 2.75) is 38.0 Å². The van der Waals surface area contributed by atoms with Gasteiger partial charge in [-0.2, -0.15) is 0 Å². The Balaban J connectivity index is 1.56. The number of carbonyl (C=O) groups is 2. The number of aryl methyl sites for hydroxylation is 2. The summed E-state index contributed by atoms with van der Waals surface area (Å²) in [6, 6.07) is 15.2. The Kier molecular flexibility index (Phi) is 4.88. The van der Waals surface area contributed by atoms with E-state index in [1.54, 1.807) is 24.3 Å². The molecular formula is C21H23NO3. The molecule has 0 unspecified atom stereocenters. The van der Waals surface area contributed by atoms with Crippen LogP contribution in [0.3, 0.4) is 0 Å². The summed E-state index contributed by atoms with van der Waals surface area (Å²) in [5.74, 6) is -0.979. The van der Waals surface area contributed by atoms with Crippen LogP contribution in [-0.4, -0.2) is 23.5 Å². The Morgan fingerprint density at radius 3 is 2.44 bits per heavy atom. The predicted molar refractivity (Wildman–Crippen MR) is 96.8 cm³/mol. The molecule has 4 heteroatoms. The number of carboxylic acid groups (broad SMARTS) is 1. The molecule has 0 bridgehead atoms. The quantitative estimate of drug-likeness (QED) is 0.813. The zero-order valence-electron chi connectivity index (χ0n) is 14.4. The van der Waals surface area contributed by atoms with E-state index >= 15 is 0 Å². The van der Waals surface area contributed by atoms with Gasteiger partial charge in [0.25, 0.3) is 0 Å². The van der Waals surface area contributed by atoms with E-state index in [1.807, 2.05) is 12.1 Å². The number of carbonyl (C=O) groups excluding carboxylic acids is 1. The number of amides is 1. The Morgan fingerprint density at radius 1 is 1.08 bits per heavy atom. The summed E-state index contributed by atoms with van der Waals surface area (Å²) in [4.78, 5) is 23.4. The maximum absolute atomic E-state index is 12.2. The second-order valence-corrected chi connectivity index (χ2v) is 6.83. The highest BCUT2D eigenvalue weighted by Crippen LogP contribution is 2.48. The van der Waals surface area contributed by atoms with Crippen molar-refractivity contribution in [2.24, 2.45) is 0 Å². The third-order valence-electron chi connectivity index (χ3n) is 5.06. The van der Waals surface area contributed by atoms with Crippen LogP contribution in [0.1, 0.15) is 46.3 Å². The van der Waals surface area contributed by atoms with Crippen LogP contribution in [0.5, 0.6) is 0 Å². The van der Waals surface area contributed by atoms with Crippen molar-refractivity contribution >= 4 is 11.9 Å². The molecule has 0 aromatic heterocycles. The summed E-state index contributed by atoms with van der Waals surface area (Å²) in [5.41, 5.74) is 3.65. The molecule has 2 N–H and O–H groups in total. The van der Waals surface area contributed by atoms with E-state index in [0.717, 1.165) is 12.8 Å². The van der Waals surface area contributed by atoms with Crippen LogP contribution in [0.15, 0.2) is 48.5 Å². The number of hydrogen-bond acceptors (Lipinski definition) is 2. The number of hydrogen-bond donors (Lipinski definition) is 2. The van der Waals surface area contributed by atoms with Gasteiger partial charge < -0.3 is 10.4 Å². The van der Waals surface area contributed by atoms with Crippen LogP contribution in [-0.2, 0) is 16.6 Å². The fraction of sp³-hybridized carbons (Fsp3) is 0.333. The van der Waals surface area contributed by atoms with Crippen LogP contribution in [0.2, 0.25) is 0 Å². The molecule has 0 saturated heterocycles. The van der Waals surface area contributed by atoms with Crippen molar-refractivity contribution in [2.75, 3.05) is 6.54 Å². The smallest absolute Gasteiger partial charge is 0.335 e. The van der Waals surface area contributed by atoms with Gasteiger partial charge in [-0.15, -0.1) is 0 Å². The Labute approximate surface area is 147 Å². The van der Waals surface area contributed by atoms with Crippen molar-refractivity contribution in [3.05, 3.63) is 70.8 Å². The first-order chi connectivity index (χ1) is 12.0. The lowest BCUT2D eigenvalue weighted by Crippen LogP contribution is -2.32. The Morgan fingerprint density at radius 2 is 1.76 bits per heavy atom. The van der Waals surface area contributed by atoms with E-state index in [4.69, 9.17) is 0 Å². The Bertz CT molecular complexity index is 793. The number of benzene rings is 2. The van der Waals surface area contributed by atoms with Gasteiger partial charge in [-0.05, 0) is 48.9 Å². The zero-order valence-corrected chi connectivity index (χ0v) is 14.4. The first kappa shape index (κ1) is 17.2. The summed E-state index contributed by atoms with van der Waals surface area (Å²) in [6.07, 6.45) is 2.93. The van der Waals surface area contributed by atoms with E-state index < -0.39 is 5.97 Å². The average molecular weight is 337 g/mol. The van der Waals surface area contributed by atoms with Crippen LogP contribution < -0.4 is 5.32 Å². The number of carboxylic acids is 1. The van der Waals surface area contributed by atoms with Gasteiger partial charge in [0, 0.05) is 18.4 Å². The molecule has 4 nitrogen and oxygen atoms in total. The van der Waals surface area contributed by atoms with Crippen molar-refractivity contribution in [1.29, 1.82) is 0 Å². The number of nitrogens with one attached hydrogen (secondary N) is 1. The minimum atomic E-state index is -0.951. The lowest BCUT2D eigenvalue weighted by molar-refractivity contribution is -0.121. The normalized spacial score (nSPS) is 14.8. The van der Waals surface area contributed by atoms with Gasteiger partial charge in [-0.3, -0.25) is 4.79 Å². The van der Waals surface area contributed by atoms with Gasteiger partial charge in [0.15, 0.2) is 0 Å². The fourth-order valence-electron chi connectivity index (χ4n) is 3.41. The van der Waals surface area contributed by atoms with E-state index in [0.29, 0.717) is 24.9 Å². The molecule has 130 valence electrons. The average Bonchev–Trinajstić information content (AvgIpc) is 3.39. The molecule has 1 aliphatic carbocycles. The molecule has 0 heterocycles. The van der Waals surface area contributed by atoms with Gasteiger partial charge in [0.1, 0.15) is 0 Å². The van der Waals surface area contributed by atoms with Crippen molar-refractivity contribution in [3.8, 4) is 0 Å². The summed E-state index contributed by atoms with van der Waals surface area (Å²) in [7, 11) is 0. The zero-order chi connectivity index (χ0) is 17.9. The maximum atomic E-state index is 12.2. The molecule has 1 aliphatic rings. The maximum Gasteiger partial charge on any atom is 0.335 e. The molecule has 25 heavy (non-hydrogen) atoms. The molecule has 0 aliphatic heterocycles. The molecule has 0 radical (unpaired) electrons. The summed E-state index contributed by atoms with van der Waals surface area (Å²) in [6.45, 7) is 2.76. The second kappa shape index (κ2) is 7.09. The molecular weight excluding hydrogens is 314 g/mol. The van der Waals surface area contributed by atoms with E-state index in [9.17, 15) is 14.7 Å². The number of rotatable bonds is 7. The lowest BCUT2D eigenvalue weighted by atomic mass is 9.92. The van der Waals surface area contributed by atoms with Gasteiger partial charge in [0.2, 0.25) is 5.91 Å². The monoisotopic (exact) mass is 337 g/mol. The van der Waals surface area contributed by atoms with E-state index in [1.165, 1.54) is 11.1 Å². The Hall–Kier alpha value is -2.62. The molecule has 1 fully saturated rings. The first-order valence-electron chi connectivity index (χ1n) is 8.66. The van der Waals surface area contributed by atoms with Crippen molar-refractivity contribution in [3.63, 3.8) is 0 Å². The highest BCUT2D eigenvalue weighted by Gasteiger charge is 2.44. The second-order valence-electron chi connectivity index (χ2n) is 6.83. The topological polar surface area (TPSA) is 66.4 Å². The SMILES string of the molecule is Cc1ccccc1C1(CNC(=O)CCc2ccccc2C(=O)O)CC1. The van der Waals surface area contributed by atoms with Crippen LogP contribution in [0.25, 0.3) is 0 Å². The molecule has 0 atom stereocenters. The molecule has 3 rings (SSSR count). The summed E-state index contributed by atoms with van der Waals surface area (Å²) >= 11 is 0. The third-order valence-corrected chi connectivity index (χ3v) is 5.06. The predicted octanol–water partition coefficient (Wildman–Crippen LogP) is 3.47. The lowest BCUT2D eigenvalue weighted by Gasteiger charge is -2.19. The molecule has 0 spiro atoms. The third kappa shape index (κ3) is 3.90.